The van der Waals surface area contributed by atoms with Crippen molar-refractivity contribution in [2.24, 2.45) is 0 Å². The normalized spacial score (nSPS) is 14.6. The fraction of sp³-hybridized carbons (Fsp3) is 0.357. The number of hydrogen-bond acceptors (Lipinski definition) is 4. The smallest absolute Gasteiger partial charge is 0.231 e. The van der Waals surface area contributed by atoms with Gasteiger partial charge in [-0.15, -0.1) is 0 Å². The molecular formula is C14H17N3O2. The number of likely N-dealkylation sites (N-methyl/N-ethyl adjacent to an activating group) is 1. The van der Waals surface area contributed by atoms with Crippen LogP contribution in [0, 0.1) is 0 Å². The first-order valence-electron chi connectivity index (χ1n) is 6.45. The maximum atomic E-state index is 5.43. The molecule has 0 saturated heterocycles. The number of fused-ring (bicyclic) bond motifs is 1. The Morgan fingerprint density at radius 1 is 1.37 bits per heavy atom. The highest BCUT2D eigenvalue weighted by Gasteiger charge is 2.17. The molecule has 3 rings (SSSR count). The third kappa shape index (κ3) is 2.56. The fourth-order valence-corrected chi connectivity index (χ4v) is 2.27. The van der Waals surface area contributed by atoms with Gasteiger partial charge in [0, 0.05) is 18.9 Å². The van der Waals surface area contributed by atoms with Gasteiger partial charge >= 0.3 is 0 Å². The molecule has 0 amide bonds. The Morgan fingerprint density at radius 3 is 3.05 bits per heavy atom. The maximum Gasteiger partial charge on any atom is 0.231 e. The zero-order chi connectivity index (χ0) is 13.1. The van der Waals surface area contributed by atoms with Crippen LogP contribution in [-0.2, 0) is 6.54 Å². The third-order valence-electron chi connectivity index (χ3n) is 3.20. The summed E-state index contributed by atoms with van der Waals surface area (Å²) in [6.07, 6.45) is 5.59. The number of hydrogen-bond donors (Lipinski definition) is 1. The van der Waals surface area contributed by atoms with Crippen molar-refractivity contribution < 1.29 is 9.47 Å². The number of aromatic nitrogens is 2. The van der Waals surface area contributed by atoms with Gasteiger partial charge in [0.2, 0.25) is 6.79 Å². The molecule has 2 aromatic rings. The topological polar surface area (TPSA) is 48.3 Å². The summed E-state index contributed by atoms with van der Waals surface area (Å²) >= 11 is 0. The quantitative estimate of drug-likeness (QED) is 0.891. The molecule has 5 nitrogen and oxygen atoms in total. The predicted octanol–water partition coefficient (Wildman–Crippen LogP) is 1.96. The van der Waals surface area contributed by atoms with E-state index in [-0.39, 0.29) is 6.04 Å². The van der Waals surface area contributed by atoms with E-state index in [1.54, 1.807) is 6.20 Å². The Balaban J connectivity index is 1.83. The second kappa shape index (κ2) is 5.32. The lowest BCUT2D eigenvalue weighted by Gasteiger charge is -2.19. The van der Waals surface area contributed by atoms with Gasteiger partial charge in [0.25, 0.3) is 0 Å². The molecular weight excluding hydrogens is 242 g/mol. The summed E-state index contributed by atoms with van der Waals surface area (Å²) in [5, 5.41) is 3.48. The molecule has 100 valence electrons. The van der Waals surface area contributed by atoms with E-state index in [0.717, 1.165) is 24.6 Å². The van der Waals surface area contributed by atoms with E-state index < -0.39 is 0 Å². The van der Waals surface area contributed by atoms with Gasteiger partial charge in [0.15, 0.2) is 11.5 Å². The van der Waals surface area contributed by atoms with Gasteiger partial charge in [-0.1, -0.05) is 13.0 Å². The van der Waals surface area contributed by atoms with E-state index >= 15 is 0 Å². The Morgan fingerprint density at radius 2 is 2.26 bits per heavy atom. The molecule has 0 spiro atoms. The number of imidazole rings is 1. The summed E-state index contributed by atoms with van der Waals surface area (Å²) in [6.45, 7) is 4.17. The maximum absolute atomic E-state index is 5.43. The van der Waals surface area contributed by atoms with Gasteiger partial charge in [0.1, 0.15) is 0 Å². The average molecular weight is 259 g/mol. The lowest BCUT2D eigenvalue weighted by Crippen LogP contribution is -2.25. The molecule has 1 atom stereocenters. The van der Waals surface area contributed by atoms with Crippen molar-refractivity contribution in [3.63, 3.8) is 0 Å². The van der Waals surface area contributed by atoms with Gasteiger partial charge in [-0.2, -0.15) is 0 Å². The van der Waals surface area contributed by atoms with Crippen LogP contribution in [0.5, 0.6) is 11.5 Å². The third-order valence-corrected chi connectivity index (χ3v) is 3.20. The number of nitrogens with one attached hydrogen (secondary N) is 1. The van der Waals surface area contributed by atoms with Gasteiger partial charge < -0.3 is 19.4 Å². The standard InChI is InChI=1S/C14H17N3O2/c1-2-16-12(8-17-6-5-15-9-17)11-3-4-13-14(7-11)19-10-18-13/h3-7,9,12,16H,2,8,10H2,1H3. The molecule has 5 heteroatoms. The van der Waals surface area contributed by atoms with E-state index in [2.05, 4.69) is 27.9 Å². The summed E-state index contributed by atoms with van der Waals surface area (Å²) < 4.78 is 12.8. The molecule has 1 aromatic carbocycles. The molecule has 1 unspecified atom stereocenters. The van der Waals surface area contributed by atoms with Crippen molar-refractivity contribution in [1.29, 1.82) is 0 Å². The minimum atomic E-state index is 0.230. The van der Waals surface area contributed by atoms with Gasteiger partial charge in [-0.25, -0.2) is 4.98 Å². The zero-order valence-corrected chi connectivity index (χ0v) is 10.9. The molecule has 1 aliphatic rings. The van der Waals surface area contributed by atoms with Crippen LogP contribution >= 0.6 is 0 Å². The van der Waals surface area contributed by atoms with Gasteiger partial charge in [-0.05, 0) is 24.2 Å². The summed E-state index contributed by atoms with van der Waals surface area (Å²) in [5.74, 6) is 1.65. The van der Waals surface area contributed by atoms with Crippen molar-refractivity contribution in [3.8, 4) is 11.5 Å². The molecule has 1 aromatic heterocycles. The largest absolute Gasteiger partial charge is 0.454 e. The molecule has 19 heavy (non-hydrogen) atoms. The van der Waals surface area contributed by atoms with Crippen molar-refractivity contribution in [2.75, 3.05) is 13.3 Å². The van der Waals surface area contributed by atoms with E-state index in [1.165, 1.54) is 5.56 Å². The summed E-state index contributed by atoms with van der Waals surface area (Å²) in [5.41, 5.74) is 1.19. The molecule has 0 radical (unpaired) electrons. The predicted molar refractivity (Wildman–Crippen MR) is 71.2 cm³/mol. The van der Waals surface area contributed by atoms with E-state index in [1.807, 2.05) is 24.7 Å². The molecule has 1 aliphatic heterocycles. The number of nitrogens with zero attached hydrogens (tertiary/aromatic N) is 2. The Labute approximate surface area is 112 Å². The molecule has 2 heterocycles. The van der Waals surface area contributed by atoms with Crippen molar-refractivity contribution in [1.82, 2.24) is 14.9 Å². The highest BCUT2D eigenvalue weighted by atomic mass is 16.7. The minimum absolute atomic E-state index is 0.230. The SMILES string of the molecule is CCNC(Cn1ccnc1)c1ccc2c(c1)OCO2. The summed E-state index contributed by atoms with van der Waals surface area (Å²) in [7, 11) is 0. The highest BCUT2D eigenvalue weighted by molar-refractivity contribution is 5.45. The first-order valence-corrected chi connectivity index (χ1v) is 6.45. The van der Waals surface area contributed by atoms with Crippen molar-refractivity contribution >= 4 is 0 Å². The van der Waals surface area contributed by atoms with Crippen LogP contribution in [0.4, 0.5) is 0 Å². The van der Waals surface area contributed by atoms with Gasteiger partial charge in [0.05, 0.1) is 12.4 Å². The second-order valence-corrected chi connectivity index (χ2v) is 4.48. The van der Waals surface area contributed by atoms with Crippen LogP contribution in [0.3, 0.4) is 0 Å². The molecule has 0 fully saturated rings. The number of benzene rings is 1. The van der Waals surface area contributed by atoms with E-state index in [0.29, 0.717) is 6.79 Å². The van der Waals surface area contributed by atoms with Crippen LogP contribution in [0.25, 0.3) is 0 Å². The van der Waals surface area contributed by atoms with E-state index in [4.69, 9.17) is 9.47 Å². The fourth-order valence-electron chi connectivity index (χ4n) is 2.27. The second-order valence-electron chi connectivity index (χ2n) is 4.48. The first-order chi connectivity index (χ1) is 9.36. The summed E-state index contributed by atoms with van der Waals surface area (Å²) in [4.78, 5) is 4.08. The molecule has 0 bridgehead atoms. The Hall–Kier alpha value is -2.01. The van der Waals surface area contributed by atoms with Crippen molar-refractivity contribution in [2.45, 2.75) is 19.5 Å². The highest BCUT2D eigenvalue weighted by Crippen LogP contribution is 2.34. The molecule has 0 saturated carbocycles. The van der Waals surface area contributed by atoms with Crippen molar-refractivity contribution in [3.05, 3.63) is 42.5 Å². The van der Waals surface area contributed by atoms with Gasteiger partial charge in [-0.3, -0.25) is 0 Å². The Kier molecular flexibility index (Phi) is 3.37. The monoisotopic (exact) mass is 259 g/mol. The number of rotatable bonds is 5. The molecule has 0 aliphatic carbocycles. The van der Waals surface area contributed by atoms with Crippen LogP contribution in [0.15, 0.2) is 36.9 Å². The lowest BCUT2D eigenvalue weighted by molar-refractivity contribution is 0.174. The first kappa shape index (κ1) is 12.0. The van der Waals surface area contributed by atoms with Crippen LogP contribution < -0.4 is 14.8 Å². The number of ether oxygens (including phenoxy) is 2. The van der Waals surface area contributed by atoms with Crippen LogP contribution in [-0.4, -0.2) is 22.9 Å². The minimum Gasteiger partial charge on any atom is -0.454 e. The Bertz CT molecular complexity index is 540. The average Bonchev–Trinajstić information content (AvgIpc) is 3.08. The molecule has 1 N–H and O–H groups in total. The summed E-state index contributed by atoms with van der Waals surface area (Å²) in [6, 6.07) is 6.33. The lowest BCUT2D eigenvalue weighted by atomic mass is 10.1. The van der Waals surface area contributed by atoms with E-state index in [9.17, 15) is 0 Å². The van der Waals surface area contributed by atoms with Crippen LogP contribution in [0.1, 0.15) is 18.5 Å². The zero-order valence-electron chi connectivity index (χ0n) is 10.9. The van der Waals surface area contributed by atoms with Crippen LogP contribution in [0.2, 0.25) is 0 Å².